The van der Waals surface area contributed by atoms with Crippen molar-refractivity contribution in [2.45, 2.75) is 32.9 Å². The Morgan fingerprint density at radius 3 is 2.83 bits per heavy atom. The maximum atomic E-state index is 13.7. The number of likely N-dealkylation sites (tertiary alicyclic amines) is 1. The first-order chi connectivity index (χ1) is 8.38. The summed E-state index contributed by atoms with van der Waals surface area (Å²) in [6.07, 6.45) is 0.961. The first-order valence-corrected chi connectivity index (χ1v) is 6.68. The number of piperidine rings is 1. The summed E-state index contributed by atoms with van der Waals surface area (Å²) in [5.74, 6) is -0.227. The normalized spacial score (nSPS) is 24.2. The number of hydrogen-bond acceptors (Lipinski definition) is 2. The molecule has 0 spiro atoms. The van der Waals surface area contributed by atoms with Crippen LogP contribution in [0.3, 0.4) is 0 Å². The molecule has 0 bridgehead atoms. The fourth-order valence-electron chi connectivity index (χ4n) is 2.51. The molecule has 0 aromatic heterocycles. The lowest BCUT2D eigenvalue weighted by Crippen LogP contribution is -2.52. The number of rotatable bonds is 2. The van der Waals surface area contributed by atoms with E-state index in [-0.39, 0.29) is 17.3 Å². The summed E-state index contributed by atoms with van der Waals surface area (Å²) in [6.45, 7) is 6.78. The first kappa shape index (κ1) is 13.8. The van der Waals surface area contributed by atoms with Gasteiger partial charge in [0, 0.05) is 36.3 Å². The Kier molecular flexibility index (Phi) is 3.95. The fraction of sp³-hybridized carbons (Fsp3) is 0.571. The second kappa shape index (κ2) is 5.16. The van der Waals surface area contributed by atoms with E-state index in [9.17, 15) is 4.39 Å². The molecule has 1 aromatic rings. The van der Waals surface area contributed by atoms with Gasteiger partial charge in [0.15, 0.2) is 0 Å². The van der Waals surface area contributed by atoms with E-state index in [2.05, 4.69) is 18.7 Å². The smallest absolute Gasteiger partial charge is 0.129 e. The summed E-state index contributed by atoms with van der Waals surface area (Å²) < 4.78 is 13.7. The van der Waals surface area contributed by atoms with E-state index in [1.54, 1.807) is 12.1 Å². The van der Waals surface area contributed by atoms with Crippen molar-refractivity contribution in [1.82, 2.24) is 4.90 Å². The number of benzene rings is 1. The lowest BCUT2D eigenvalue weighted by Gasteiger charge is -2.42. The standard InChI is InChI=1S/C14H20ClFN2/c1-14(2)9-18(6-5-13(14)17)8-10-3-4-11(15)7-12(10)16/h3-4,7,13H,5-6,8-9,17H2,1-2H3. The number of nitrogens with zero attached hydrogens (tertiary/aromatic N) is 1. The second-order valence-corrected chi connectivity index (χ2v) is 6.27. The van der Waals surface area contributed by atoms with Gasteiger partial charge in [0.05, 0.1) is 0 Å². The van der Waals surface area contributed by atoms with Crippen LogP contribution in [0.5, 0.6) is 0 Å². The van der Waals surface area contributed by atoms with Crippen LogP contribution in [-0.2, 0) is 6.54 Å². The molecule has 1 fully saturated rings. The molecule has 0 aliphatic carbocycles. The Labute approximate surface area is 113 Å². The maximum absolute atomic E-state index is 13.7. The highest BCUT2D eigenvalue weighted by Crippen LogP contribution is 2.29. The molecule has 2 N–H and O–H groups in total. The molecule has 1 atom stereocenters. The molecule has 0 saturated carbocycles. The molecular weight excluding hydrogens is 251 g/mol. The third-order valence-corrected chi connectivity index (χ3v) is 4.04. The first-order valence-electron chi connectivity index (χ1n) is 6.30. The molecule has 1 saturated heterocycles. The van der Waals surface area contributed by atoms with Gasteiger partial charge in [-0.15, -0.1) is 0 Å². The van der Waals surface area contributed by atoms with Gasteiger partial charge in [0.25, 0.3) is 0 Å². The topological polar surface area (TPSA) is 29.3 Å². The summed E-state index contributed by atoms with van der Waals surface area (Å²) in [5, 5.41) is 0.442. The Bertz CT molecular complexity index is 434. The minimum absolute atomic E-state index is 0.0845. The summed E-state index contributed by atoms with van der Waals surface area (Å²) >= 11 is 5.75. The highest BCUT2D eigenvalue weighted by molar-refractivity contribution is 6.30. The van der Waals surface area contributed by atoms with Gasteiger partial charge in [0.2, 0.25) is 0 Å². The average molecular weight is 271 g/mol. The molecule has 0 radical (unpaired) electrons. The van der Waals surface area contributed by atoms with E-state index in [1.807, 2.05) is 0 Å². The van der Waals surface area contributed by atoms with E-state index in [4.69, 9.17) is 17.3 Å². The van der Waals surface area contributed by atoms with E-state index < -0.39 is 0 Å². The molecule has 1 aromatic carbocycles. The lowest BCUT2D eigenvalue weighted by atomic mass is 9.79. The average Bonchev–Trinajstić information content (AvgIpc) is 2.27. The Morgan fingerprint density at radius 1 is 1.50 bits per heavy atom. The molecule has 100 valence electrons. The molecule has 0 amide bonds. The highest BCUT2D eigenvalue weighted by atomic mass is 35.5. The van der Waals surface area contributed by atoms with Crippen LogP contribution in [0, 0.1) is 11.2 Å². The van der Waals surface area contributed by atoms with Crippen LogP contribution in [0.4, 0.5) is 4.39 Å². The quantitative estimate of drug-likeness (QED) is 0.895. The summed E-state index contributed by atoms with van der Waals surface area (Å²) in [5.41, 5.74) is 6.88. The van der Waals surface area contributed by atoms with Crippen molar-refractivity contribution < 1.29 is 4.39 Å². The fourth-order valence-corrected chi connectivity index (χ4v) is 2.67. The van der Waals surface area contributed by atoms with Crippen LogP contribution in [-0.4, -0.2) is 24.0 Å². The van der Waals surface area contributed by atoms with Gasteiger partial charge in [-0.05, 0) is 24.0 Å². The Balaban J connectivity index is 2.06. The Morgan fingerprint density at radius 2 is 2.22 bits per heavy atom. The molecule has 2 rings (SSSR count). The van der Waals surface area contributed by atoms with E-state index in [0.29, 0.717) is 17.1 Å². The highest BCUT2D eigenvalue weighted by Gasteiger charge is 2.33. The van der Waals surface area contributed by atoms with Gasteiger partial charge in [-0.3, -0.25) is 4.90 Å². The number of hydrogen-bond donors (Lipinski definition) is 1. The lowest BCUT2D eigenvalue weighted by molar-refractivity contribution is 0.0890. The van der Waals surface area contributed by atoms with Crippen LogP contribution in [0.2, 0.25) is 5.02 Å². The molecule has 2 nitrogen and oxygen atoms in total. The van der Waals surface area contributed by atoms with Crippen LogP contribution in [0.15, 0.2) is 18.2 Å². The van der Waals surface area contributed by atoms with Crippen molar-refractivity contribution in [3.05, 3.63) is 34.6 Å². The predicted octanol–water partition coefficient (Wildman–Crippen LogP) is 3.04. The van der Waals surface area contributed by atoms with E-state index >= 15 is 0 Å². The van der Waals surface area contributed by atoms with Gasteiger partial charge >= 0.3 is 0 Å². The van der Waals surface area contributed by atoms with Crippen LogP contribution in [0.1, 0.15) is 25.8 Å². The minimum atomic E-state index is -0.227. The van der Waals surface area contributed by atoms with E-state index in [1.165, 1.54) is 6.07 Å². The largest absolute Gasteiger partial charge is 0.327 e. The number of halogens is 2. The summed E-state index contributed by atoms with van der Waals surface area (Å²) in [6, 6.07) is 5.10. The zero-order valence-electron chi connectivity index (χ0n) is 10.9. The van der Waals surface area contributed by atoms with Gasteiger partial charge in [-0.2, -0.15) is 0 Å². The van der Waals surface area contributed by atoms with Crippen LogP contribution >= 0.6 is 11.6 Å². The third-order valence-electron chi connectivity index (χ3n) is 3.80. The predicted molar refractivity (Wildman–Crippen MR) is 73.1 cm³/mol. The molecule has 1 aliphatic heterocycles. The Hall–Kier alpha value is -0.640. The van der Waals surface area contributed by atoms with Crippen molar-refractivity contribution in [1.29, 1.82) is 0 Å². The molecule has 1 unspecified atom stereocenters. The SMILES string of the molecule is CC1(C)CN(Cc2ccc(Cl)cc2F)CCC1N. The van der Waals surface area contributed by atoms with Gasteiger partial charge in [0.1, 0.15) is 5.82 Å². The zero-order chi connectivity index (χ0) is 13.3. The summed E-state index contributed by atoms with van der Waals surface area (Å²) in [7, 11) is 0. The molecule has 1 aliphatic rings. The van der Waals surface area contributed by atoms with Gasteiger partial charge in [-0.25, -0.2) is 4.39 Å². The molecule has 4 heteroatoms. The minimum Gasteiger partial charge on any atom is -0.327 e. The van der Waals surface area contributed by atoms with Crippen molar-refractivity contribution in [3.63, 3.8) is 0 Å². The summed E-state index contributed by atoms with van der Waals surface area (Å²) in [4.78, 5) is 2.26. The molecular formula is C14H20ClFN2. The van der Waals surface area contributed by atoms with Gasteiger partial charge < -0.3 is 5.73 Å². The number of nitrogens with two attached hydrogens (primary N) is 1. The molecule has 18 heavy (non-hydrogen) atoms. The second-order valence-electron chi connectivity index (χ2n) is 5.83. The van der Waals surface area contributed by atoms with Crippen molar-refractivity contribution in [3.8, 4) is 0 Å². The monoisotopic (exact) mass is 270 g/mol. The third kappa shape index (κ3) is 3.02. The molecule has 1 heterocycles. The van der Waals surface area contributed by atoms with Crippen molar-refractivity contribution in [2.24, 2.45) is 11.1 Å². The zero-order valence-corrected chi connectivity index (χ0v) is 11.7. The van der Waals surface area contributed by atoms with E-state index in [0.717, 1.165) is 19.5 Å². The van der Waals surface area contributed by atoms with Crippen LogP contribution in [0.25, 0.3) is 0 Å². The van der Waals surface area contributed by atoms with Crippen molar-refractivity contribution in [2.75, 3.05) is 13.1 Å². The maximum Gasteiger partial charge on any atom is 0.129 e. The van der Waals surface area contributed by atoms with Crippen molar-refractivity contribution >= 4 is 11.6 Å². The van der Waals surface area contributed by atoms with Gasteiger partial charge in [-0.1, -0.05) is 31.5 Å². The van der Waals surface area contributed by atoms with Crippen LogP contribution < -0.4 is 5.73 Å².